The fourth-order valence-corrected chi connectivity index (χ4v) is 2.49. The number of benzene rings is 3. The average Bonchev–Trinajstić information content (AvgIpc) is 2.70. The monoisotopic (exact) mass is 394 g/mol. The average molecular weight is 395 g/mol. The summed E-state index contributed by atoms with van der Waals surface area (Å²) >= 11 is 5.99. The van der Waals surface area contributed by atoms with Crippen LogP contribution < -0.4 is 10.2 Å². The Balaban J connectivity index is 1.58. The predicted octanol–water partition coefficient (Wildman–Crippen LogP) is 4.70. The van der Waals surface area contributed by atoms with Gasteiger partial charge in [0.25, 0.3) is 0 Å². The number of carboxylic acids is 1. The van der Waals surface area contributed by atoms with E-state index in [0.29, 0.717) is 22.0 Å². The molecule has 0 aliphatic rings. The number of hydrogen-bond acceptors (Lipinski definition) is 5. The Morgan fingerprint density at radius 2 is 1.64 bits per heavy atom. The molecule has 0 fully saturated rings. The number of aromatic carboxylic acids is 1. The molecule has 0 amide bonds. The van der Waals surface area contributed by atoms with Crippen molar-refractivity contribution in [2.45, 2.75) is 0 Å². The fraction of sp³-hybridized carbons (Fsp3) is 0. The first-order valence-corrected chi connectivity index (χ1v) is 8.60. The highest BCUT2D eigenvalue weighted by Crippen LogP contribution is 2.19. The zero-order valence-electron chi connectivity index (χ0n) is 14.5. The molecule has 0 unspecified atom stereocenters. The van der Waals surface area contributed by atoms with Gasteiger partial charge in [0.1, 0.15) is 5.75 Å². The third-order valence-corrected chi connectivity index (χ3v) is 4.05. The first-order chi connectivity index (χ1) is 13.5. The third-order valence-electron chi connectivity index (χ3n) is 3.72. The number of halogens is 1. The van der Waals surface area contributed by atoms with E-state index < -0.39 is 11.9 Å². The van der Waals surface area contributed by atoms with Crippen molar-refractivity contribution < 1.29 is 19.4 Å². The lowest BCUT2D eigenvalue weighted by Gasteiger charge is -2.06. The molecule has 6 nitrogen and oxygen atoms in total. The van der Waals surface area contributed by atoms with E-state index >= 15 is 0 Å². The molecule has 0 heterocycles. The molecular weight excluding hydrogens is 380 g/mol. The standard InChI is InChI=1S/C21H15ClN2O4/c22-19-4-2-1-3-18(19)21(27)28-17-11-5-14(6-12-17)13-23-24-16-9-7-15(8-10-16)20(25)26/h1-13,24H,(H,25,26)/b23-13-. The van der Waals surface area contributed by atoms with Gasteiger partial charge >= 0.3 is 11.9 Å². The Morgan fingerprint density at radius 1 is 0.964 bits per heavy atom. The van der Waals surface area contributed by atoms with Crippen LogP contribution in [0.15, 0.2) is 77.9 Å². The molecule has 0 bridgehead atoms. The number of rotatable bonds is 6. The third kappa shape index (κ3) is 4.96. The van der Waals surface area contributed by atoms with Gasteiger partial charge in [-0.25, -0.2) is 9.59 Å². The Bertz CT molecular complexity index is 1020. The Labute approximate surface area is 166 Å². The van der Waals surface area contributed by atoms with Gasteiger partial charge < -0.3 is 9.84 Å². The molecule has 0 aromatic heterocycles. The van der Waals surface area contributed by atoms with E-state index in [1.165, 1.54) is 12.1 Å². The van der Waals surface area contributed by atoms with E-state index in [0.717, 1.165) is 5.56 Å². The van der Waals surface area contributed by atoms with Crippen LogP contribution in [-0.2, 0) is 0 Å². The van der Waals surface area contributed by atoms with Gasteiger partial charge in [-0.3, -0.25) is 5.43 Å². The zero-order chi connectivity index (χ0) is 19.9. The number of nitrogens with zero attached hydrogens (tertiary/aromatic N) is 1. The maximum absolute atomic E-state index is 12.1. The van der Waals surface area contributed by atoms with Crippen LogP contribution in [0, 0.1) is 0 Å². The lowest BCUT2D eigenvalue weighted by Crippen LogP contribution is -2.08. The number of carboxylic acid groups (broad SMARTS) is 1. The summed E-state index contributed by atoms with van der Waals surface area (Å²) in [6, 6.07) is 19.7. The highest BCUT2D eigenvalue weighted by Gasteiger charge is 2.11. The smallest absolute Gasteiger partial charge is 0.345 e. The molecule has 0 atom stereocenters. The van der Waals surface area contributed by atoms with Crippen molar-refractivity contribution >= 4 is 35.4 Å². The minimum atomic E-state index is -0.981. The van der Waals surface area contributed by atoms with Gasteiger partial charge in [0.2, 0.25) is 0 Å². The SMILES string of the molecule is O=C(O)c1ccc(N/N=C\c2ccc(OC(=O)c3ccccc3Cl)cc2)cc1. The summed E-state index contributed by atoms with van der Waals surface area (Å²) in [5.41, 5.74) is 4.76. The van der Waals surface area contributed by atoms with Crippen molar-refractivity contribution in [3.63, 3.8) is 0 Å². The van der Waals surface area contributed by atoms with E-state index in [-0.39, 0.29) is 5.56 Å². The lowest BCUT2D eigenvalue weighted by molar-refractivity contribution is 0.0694. The normalized spacial score (nSPS) is 10.6. The summed E-state index contributed by atoms with van der Waals surface area (Å²) in [6.07, 6.45) is 1.59. The molecule has 3 rings (SSSR count). The van der Waals surface area contributed by atoms with Crippen molar-refractivity contribution in [2.24, 2.45) is 5.10 Å². The summed E-state index contributed by atoms with van der Waals surface area (Å²) < 4.78 is 5.31. The van der Waals surface area contributed by atoms with Gasteiger partial charge in [0.05, 0.1) is 28.1 Å². The van der Waals surface area contributed by atoms with Crippen LogP contribution in [0.4, 0.5) is 5.69 Å². The van der Waals surface area contributed by atoms with Crippen molar-refractivity contribution in [2.75, 3.05) is 5.43 Å². The number of hydrogen-bond donors (Lipinski definition) is 2. The van der Waals surface area contributed by atoms with Crippen LogP contribution in [-0.4, -0.2) is 23.3 Å². The number of nitrogens with one attached hydrogen (secondary N) is 1. The molecule has 0 aliphatic heterocycles. The van der Waals surface area contributed by atoms with Gasteiger partial charge in [0.15, 0.2) is 0 Å². The first-order valence-electron chi connectivity index (χ1n) is 8.22. The van der Waals surface area contributed by atoms with Crippen LogP contribution >= 0.6 is 11.6 Å². The number of carbonyl (C=O) groups excluding carboxylic acids is 1. The number of hydrazone groups is 1. The number of anilines is 1. The van der Waals surface area contributed by atoms with E-state index in [1.807, 2.05) is 0 Å². The molecule has 0 spiro atoms. The van der Waals surface area contributed by atoms with Gasteiger partial charge in [0, 0.05) is 0 Å². The van der Waals surface area contributed by atoms with Gasteiger partial charge in [-0.2, -0.15) is 5.10 Å². The zero-order valence-corrected chi connectivity index (χ0v) is 15.3. The highest BCUT2D eigenvalue weighted by atomic mass is 35.5. The maximum Gasteiger partial charge on any atom is 0.345 e. The van der Waals surface area contributed by atoms with E-state index in [2.05, 4.69) is 10.5 Å². The van der Waals surface area contributed by atoms with Gasteiger partial charge in [-0.05, 0) is 66.2 Å². The maximum atomic E-state index is 12.1. The molecule has 7 heteroatoms. The second-order valence-corrected chi connectivity index (χ2v) is 6.10. The number of esters is 1. The van der Waals surface area contributed by atoms with Gasteiger partial charge in [-0.15, -0.1) is 0 Å². The summed E-state index contributed by atoms with van der Waals surface area (Å²) in [7, 11) is 0. The van der Waals surface area contributed by atoms with Crippen molar-refractivity contribution in [1.29, 1.82) is 0 Å². The van der Waals surface area contributed by atoms with Crippen LogP contribution in [0.1, 0.15) is 26.3 Å². The Morgan fingerprint density at radius 3 is 2.29 bits per heavy atom. The van der Waals surface area contributed by atoms with E-state index in [9.17, 15) is 9.59 Å². The summed E-state index contributed by atoms with van der Waals surface area (Å²) in [6.45, 7) is 0. The minimum Gasteiger partial charge on any atom is -0.478 e. The number of carbonyl (C=O) groups is 2. The number of ether oxygens (including phenoxy) is 1. The Kier molecular flexibility index (Phi) is 6.04. The fourth-order valence-electron chi connectivity index (χ4n) is 2.28. The molecule has 3 aromatic carbocycles. The molecule has 28 heavy (non-hydrogen) atoms. The molecule has 0 saturated carbocycles. The van der Waals surface area contributed by atoms with Crippen molar-refractivity contribution in [3.8, 4) is 5.75 Å². The van der Waals surface area contributed by atoms with E-state index in [1.54, 1.807) is 66.9 Å². The molecule has 0 aliphatic carbocycles. The summed E-state index contributed by atoms with van der Waals surface area (Å²) in [4.78, 5) is 23.0. The van der Waals surface area contributed by atoms with Crippen LogP contribution in [0.25, 0.3) is 0 Å². The largest absolute Gasteiger partial charge is 0.478 e. The second-order valence-electron chi connectivity index (χ2n) is 5.69. The Hall–Kier alpha value is -3.64. The first kappa shape index (κ1) is 19.1. The van der Waals surface area contributed by atoms with Crippen molar-refractivity contribution in [3.05, 3.63) is 94.5 Å². The highest BCUT2D eigenvalue weighted by molar-refractivity contribution is 6.33. The topological polar surface area (TPSA) is 88.0 Å². The molecule has 2 N–H and O–H groups in total. The van der Waals surface area contributed by atoms with E-state index in [4.69, 9.17) is 21.4 Å². The van der Waals surface area contributed by atoms with Crippen molar-refractivity contribution in [1.82, 2.24) is 0 Å². The lowest BCUT2D eigenvalue weighted by atomic mass is 10.2. The molecule has 140 valence electrons. The molecule has 0 saturated heterocycles. The minimum absolute atomic E-state index is 0.205. The van der Waals surface area contributed by atoms with Crippen LogP contribution in [0.5, 0.6) is 5.75 Å². The molecule has 0 radical (unpaired) electrons. The summed E-state index contributed by atoms with van der Waals surface area (Å²) in [5.74, 6) is -1.12. The summed E-state index contributed by atoms with van der Waals surface area (Å²) in [5, 5.41) is 13.3. The van der Waals surface area contributed by atoms with Crippen LogP contribution in [0.3, 0.4) is 0 Å². The molecular formula is C21H15ClN2O4. The van der Waals surface area contributed by atoms with Gasteiger partial charge in [-0.1, -0.05) is 23.7 Å². The molecule has 3 aromatic rings. The predicted molar refractivity (Wildman–Crippen MR) is 107 cm³/mol. The second kappa shape index (κ2) is 8.83. The van der Waals surface area contributed by atoms with Crippen LogP contribution in [0.2, 0.25) is 5.02 Å². The quantitative estimate of drug-likeness (QED) is 0.274.